The molecule has 4 aliphatic heterocycles. The first-order chi connectivity index (χ1) is 22.3. The fourth-order valence-corrected chi connectivity index (χ4v) is 6.00. The molecule has 4 rings (SSSR count). The van der Waals surface area contributed by atoms with Crippen LogP contribution >= 0.6 is 0 Å². The molecule has 0 aliphatic carbocycles. The van der Waals surface area contributed by atoms with E-state index in [1.165, 1.54) is 12.2 Å². The first-order valence-electron chi connectivity index (χ1n) is 15.9. The number of carbonyl (C=O) groups is 2. The lowest BCUT2D eigenvalue weighted by atomic mass is 9.83. The van der Waals surface area contributed by atoms with Crippen LogP contribution in [0.2, 0.25) is 0 Å². The van der Waals surface area contributed by atoms with Crippen LogP contribution in [0, 0.1) is 5.92 Å². The molecule has 3 unspecified atom stereocenters. The summed E-state index contributed by atoms with van der Waals surface area (Å²) in [5.74, 6) is -5.45. The summed E-state index contributed by atoms with van der Waals surface area (Å²) in [6.45, 7) is 3.34. The van der Waals surface area contributed by atoms with Gasteiger partial charge < -0.3 is 60.1 Å². The average molecular weight is 666 g/mol. The van der Waals surface area contributed by atoms with Gasteiger partial charge in [-0.15, -0.1) is 0 Å². The molecule has 4 aliphatic rings. The van der Waals surface area contributed by atoms with E-state index in [1.807, 2.05) is 6.08 Å². The number of ether oxygens (including phenoxy) is 5. The Morgan fingerprint density at radius 3 is 2.36 bits per heavy atom. The highest BCUT2D eigenvalue weighted by Gasteiger charge is 2.51. The van der Waals surface area contributed by atoms with Gasteiger partial charge in [0.05, 0.1) is 48.8 Å². The zero-order chi connectivity index (χ0) is 34.3. The van der Waals surface area contributed by atoms with Crippen LogP contribution in [0.25, 0.3) is 0 Å². The molecule has 0 aromatic heterocycles. The maximum Gasteiger partial charge on any atom is 0.330 e. The molecule has 14 atom stereocenters. The second kappa shape index (κ2) is 16.6. The van der Waals surface area contributed by atoms with Gasteiger partial charge in [0, 0.05) is 38.2 Å². The van der Waals surface area contributed by atoms with Crippen molar-refractivity contribution in [1.29, 1.82) is 0 Å². The van der Waals surface area contributed by atoms with E-state index in [0.29, 0.717) is 6.42 Å². The van der Waals surface area contributed by atoms with Crippen molar-refractivity contribution in [1.82, 2.24) is 0 Å². The largest absolute Gasteiger partial charge is 0.481 e. The highest BCUT2D eigenvalue weighted by molar-refractivity contribution is 5.82. The Kier molecular flexibility index (Phi) is 13.1. The lowest BCUT2D eigenvalue weighted by molar-refractivity contribution is -0.308. The number of aliphatic carboxylic acids is 1. The van der Waals surface area contributed by atoms with Crippen molar-refractivity contribution in [3.63, 3.8) is 0 Å². The predicted molar refractivity (Wildman–Crippen MR) is 165 cm³/mol. The van der Waals surface area contributed by atoms with E-state index in [-0.39, 0.29) is 25.4 Å². The van der Waals surface area contributed by atoms with Gasteiger partial charge >= 0.3 is 11.9 Å². The molecule has 262 valence electrons. The van der Waals surface area contributed by atoms with Gasteiger partial charge in [-0.25, -0.2) is 4.79 Å². The van der Waals surface area contributed by atoms with Crippen molar-refractivity contribution in [3.05, 3.63) is 60.8 Å². The van der Waals surface area contributed by atoms with E-state index in [4.69, 9.17) is 29.4 Å². The number of epoxide rings is 1. The van der Waals surface area contributed by atoms with E-state index in [1.54, 1.807) is 56.4 Å². The fourth-order valence-electron chi connectivity index (χ4n) is 6.00. The van der Waals surface area contributed by atoms with Crippen LogP contribution in [0.1, 0.15) is 46.0 Å². The molecule has 4 heterocycles. The van der Waals surface area contributed by atoms with Crippen LogP contribution in [0.4, 0.5) is 0 Å². The maximum atomic E-state index is 12.3. The van der Waals surface area contributed by atoms with Crippen LogP contribution in [0.5, 0.6) is 0 Å². The summed E-state index contributed by atoms with van der Waals surface area (Å²) >= 11 is 0. The number of hydrogen-bond acceptors (Lipinski definition) is 13. The first kappa shape index (κ1) is 37.1. The Balaban J connectivity index is 1.58. The van der Waals surface area contributed by atoms with Crippen LogP contribution < -0.4 is 5.73 Å². The van der Waals surface area contributed by atoms with Crippen molar-refractivity contribution in [2.75, 3.05) is 0 Å². The van der Waals surface area contributed by atoms with Crippen molar-refractivity contribution >= 4 is 11.9 Å². The zero-order valence-corrected chi connectivity index (χ0v) is 26.4. The molecule has 0 aromatic rings. The minimum Gasteiger partial charge on any atom is -0.481 e. The summed E-state index contributed by atoms with van der Waals surface area (Å²) in [5.41, 5.74) is 5.98. The third kappa shape index (κ3) is 10.6. The lowest BCUT2D eigenvalue weighted by Gasteiger charge is -2.45. The van der Waals surface area contributed by atoms with Crippen LogP contribution in [0.15, 0.2) is 60.8 Å². The molecule has 0 amide bonds. The first-order valence-corrected chi connectivity index (χ1v) is 15.9. The van der Waals surface area contributed by atoms with Crippen molar-refractivity contribution in [2.45, 2.75) is 125 Å². The number of fused-ring (bicyclic) bond motifs is 3. The number of carboxylic acids is 1. The number of allylic oxidation sites excluding steroid dienone is 6. The summed E-state index contributed by atoms with van der Waals surface area (Å²) in [6.07, 6.45) is 5.25. The number of nitrogens with two attached hydrogens (primary N) is 1. The summed E-state index contributed by atoms with van der Waals surface area (Å²) in [6, 6.07) is -1.08. The topological polar surface area (TPSA) is 231 Å². The number of cyclic esters (lactones) is 1. The van der Waals surface area contributed by atoms with E-state index in [2.05, 4.69) is 0 Å². The zero-order valence-electron chi connectivity index (χ0n) is 26.4. The monoisotopic (exact) mass is 665 g/mol. The minimum atomic E-state index is -2.10. The highest BCUT2D eigenvalue weighted by atomic mass is 16.7. The molecule has 14 nitrogen and oxygen atoms in total. The molecule has 0 saturated carbocycles. The molecule has 0 radical (unpaired) electrons. The normalized spacial score (nSPS) is 47.2. The Labute approximate surface area is 273 Å². The van der Waals surface area contributed by atoms with Crippen LogP contribution in [0.3, 0.4) is 0 Å². The number of esters is 1. The van der Waals surface area contributed by atoms with Gasteiger partial charge in [0.25, 0.3) is 0 Å². The van der Waals surface area contributed by atoms with Gasteiger partial charge in [-0.05, 0) is 19.9 Å². The van der Waals surface area contributed by atoms with Crippen molar-refractivity contribution in [3.8, 4) is 0 Å². The summed E-state index contributed by atoms with van der Waals surface area (Å²) in [4.78, 5) is 24.4. The minimum absolute atomic E-state index is 0.0789. The summed E-state index contributed by atoms with van der Waals surface area (Å²) < 4.78 is 28.5. The predicted octanol–water partition coefficient (Wildman–Crippen LogP) is 0.120. The summed E-state index contributed by atoms with van der Waals surface area (Å²) in [7, 11) is 0. The van der Waals surface area contributed by atoms with Crippen LogP contribution in [-0.4, -0.2) is 122 Å². The van der Waals surface area contributed by atoms with Gasteiger partial charge in [-0.2, -0.15) is 0 Å². The third-order valence-corrected chi connectivity index (χ3v) is 8.58. The second-order valence-electron chi connectivity index (χ2n) is 12.6. The van der Waals surface area contributed by atoms with Gasteiger partial charge in [-0.3, -0.25) is 4.79 Å². The van der Waals surface area contributed by atoms with Crippen molar-refractivity contribution in [2.24, 2.45) is 11.7 Å². The molecule has 14 heteroatoms. The number of carbonyl (C=O) groups excluding carboxylic acids is 1. The molecular formula is C33H47NO13. The number of carboxylic acid groups (broad SMARTS) is 1. The third-order valence-electron chi connectivity index (χ3n) is 8.58. The summed E-state index contributed by atoms with van der Waals surface area (Å²) in [5, 5.41) is 63.9. The molecule has 3 fully saturated rings. The van der Waals surface area contributed by atoms with Gasteiger partial charge in [0.1, 0.15) is 24.2 Å². The Morgan fingerprint density at radius 2 is 1.64 bits per heavy atom. The number of rotatable bonds is 3. The Morgan fingerprint density at radius 1 is 0.936 bits per heavy atom. The van der Waals surface area contributed by atoms with E-state index in [9.17, 15) is 40.2 Å². The molecular weight excluding hydrogens is 618 g/mol. The fraction of sp³-hybridized carbons (Fsp3) is 0.636. The molecule has 8 N–H and O–H groups in total. The molecule has 2 bridgehead atoms. The van der Waals surface area contributed by atoms with Gasteiger partial charge in [0.2, 0.25) is 0 Å². The SMILES string of the molecule is CC1C/C=C/C=C/C=C/C=C/[C@H](O[C@@H]2OC(C)[C@@H](O)[C@@H](N)C2O)C[C@@H]2O[C@](O)(C[C@@H](O)C[C@H]3O[C@@H]3/C=C/C(=O)O1)C[C@H](O)[C@H]2C(=O)O. The van der Waals surface area contributed by atoms with Gasteiger partial charge in [0.15, 0.2) is 12.1 Å². The average Bonchev–Trinajstić information content (AvgIpc) is 3.72. The molecule has 3 saturated heterocycles. The van der Waals surface area contributed by atoms with Crippen LogP contribution in [-0.2, 0) is 33.3 Å². The quantitative estimate of drug-likeness (QED) is 0.157. The number of hydrogen-bond donors (Lipinski definition) is 7. The van der Waals surface area contributed by atoms with Gasteiger partial charge in [-0.1, -0.05) is 48.6 Å². The lowest BCUT2D eigenvalue weighted by Crippen LogP contribution is -2.61. The smallest absolute Gasteiger partial charge is 0.330 e. The van der Waals surface area contributed by atoms with Crippen molar-refractivity contribution < 1.29 is 63.9 Å². The van der Waals surface area contributed by atoms with E-state index in [0.717, 1.165) is 0 Å². The number of aliphatic hydroxyl groups excluding tert-OH is 4. The Hall–Kier alpha value is -2.76. The maximum absolute atomic E-state index is 12.3. The highest BCUT2D eigenvalue weighted by Crippen LogP contribution is 2.39. The van der Waals surface area contributed by atoms with E-state index >= 15 is 0 Å². The van der Waals surface area contributed by atoms with E-state index < -0.39 is 97.3 Å². The standard InChI is InChI=1S/C33H47NO13/c1-18-10-8-6-4-3-5-7-9-11-21(45-32-30(39)28(34)29(38)19(2)44-32)15-25-27(31(40)41)22(36)17-33(42,47-25)16-20(35)14-24-23(46-24)12-13-26(37)43-18/h3-9,11-13,18-25,27-30,32,35-36,38-39,42H,10,14-17,34H2,1-2H3,(H,40,41)/b4-3+,7-5+,8-6+,11-9+,13-12+/t18?,19?,20-,21-,22-,23+,24+,25-,27+,28+,29+,30?,32-,33+/m0/s1. The number of aliphatic hydroxyl groups is 5. The molecule has 0 aromatic carbocycles. The molecule has 47 heavy (non-hydrogen) atoms. The molecule has 0 spiro atoms. The Bertz CT molecular complexity index is 1220. The second-order valence-corrected chi connectivity index (χ2v) is 12.6.